The van der Waals surface area contributed by atoms with E-state index >= 15 is 0 Å². The summed E-state index contributed by atoms with van der Waals surface area (Å²) < 4.78 is 0. The molecule has 4 nitrogen and oxygen atoms in total. The Balaban J connectivity index is 1.59. The average Bonchev–Trinajstić information content (AvgIpc) is 2.47. The minimum absolute atomic E-state index is 0.0765. The van der Waals surface area contributed by atoms with Crippen LogP contribution < -0.4 is 10.6 Å². The number of benzene rings is 1. The van der Waals surface area contributed by atoms with Gasteiger partial charge in [-0.05, 0) is 30.7 Å². The Labute approximate surface area is 125 Å². The van der Waals surface area contributed by atoms with Crippen LogP contribution in [0.4, 0.5) is 0 Å². The Morgan fingerprint density at radius 3 is 2.65 bits per heavy atom. The molecule has 0 spiro atoms. The summed E-state index contributed by atoms with van der Waals surface area (Å²) in [7, 11) is 0. The van der Waals surface area contributed by atoms with E-state index in [0.29, 0.717) is 11.4 Å². The normalized spacial score (nSPS) is 16.1. The Bertz CT molecular complexity index is 416. The van der Waals surface area contributed by atoms with Crippen molar-refractivity contribution in [2.24, 2.45) is 0 Å². The third-order valence-corrected chi connectivity index (χ3v) is 3.71. The molecule has 0 unspecified atom stereocenters. The van der Waals surface area contributed by atoms with Crippen molar-refractivity contribution < 1.29 is 4.79 Å². The van der Waals surface area contributed by atoms with E-state index in [1.807, 2.05) is 24.3 Å². The highest BCUT2D eigenvalue weighted by atomic mass is 35.5. The van der Waals surface area contributed by atoms with Crippen molar-refractivity contribution in [3.05, 3.63) is 34.9 Å². The molecule has 0 aliphatic carbocycles. The molecule has 1 aromatic carbocycles. The van der Waals surface area contributed by atoms with Gasteiger partial charge in [-0.1, -0.05) is 23.7 Å². The number of nitrogens with zero attached hydrogens (tertiary/aromatic N) is 1. The fourth-order valence-electron chi connectivity index (χ4n) is 2.32. The quantitative estimate of drug-likeness (QED) is 0.778. The van der Waals surface area contributed by atoms with Crippen molar-refractivity contribution in [2.75, 3.05) is 39.3 Å². The van der Waals surface area contributed by atoms with Gasteiger partial charge in [0.1, 0.15) is 0 Å². The van der Waals surface area contributed by atoms with Crippen LogP contribution in [0, 0.1) is 0 Å². The van der Waals surface area contributed by atoms with Crippen LogP contribution in [-0.4, -0.2) is 50.1 Å². The molecule has 0 saturated carbocycles. The molecular weight excluding hydrogens is 274 g/mol. The SMILES string of the molecule is O=C(Cc1ccc(Cl)cc1)NCCCN1CCNCC1. The largest absolute Gasteiger partial charge is 0.356 e. The van der Waals surface area contributed by atoms with Crippen LogP contribution in [0.3, 0.4) is 0 Å². The molecule has 2 N–H and O–H groups in total. The number of piperazine rings is 1. The number of hydrogen-bond donors (Lipinski definition) is 2. The van der Waals surface area contributed by atoms with E-state index in [9.17, 15) is 4.79 Å². The van der Waals surface area contributed by atoms with Crippen LogP contribution in [-0.2, 0) is 11.2 Å². The number of nitrogens with one attached hydrogen (secondary N) is 2. The van der Waals surface area contributed by atoms with Gasteiger partial charge in [0, 0.05) is 37.7 Å². The van der Waals surface area contributed by atoms with Gasteiger partial charge in [0.25, 0.3) is 0 Å². The summed E-state index contributed by atoms with van der Waals surface area (Å²) in [5, 5.41) is 7.00. The fourth-order valence-corrected chi connectivity index (χ4v) is 2.44. The first kappa shape index (κ1) is 15.3. The minimum atomic E-state index is 0.0765. The summed E-state index contributed by atoms with van der Waals surface area (Å²) in [5.74, 6) is 0.0765. The zero-order chi connectivity index (χ0) is 14.2. The van der Waals surface area contributed by atoms with Crippen molar-refractivity contribution in [3.63, 3.8) is 0 Å². The Hall–Kier alpha value is -1.10. The molecule has 5 heteroatoms. The first-order valence-electron chi connectivity index (χ1n) is 7.18. The summed E-state index contributed by atoms with van der Waals surface area (Å²) in [6.07, 6.45) is 1.43. The third kappa shape index (κ3) is 5.49. The molecule has 20 heavy (non-hydrogen) atoms. The number of carbonyl (C=O) groups is 1. The second-order valence-electron chi connectivity index (χ2n) is 5.10. The first-order chi connectivity index (χ1) is 9.74. The first-order valence-corrected chi connectivity index (χ1v) is 7.56. The van der Waals surface area contributed by atoms with Gasteiger partial charge >= 0.3 is 0 Å². The lowest BCUT2D eigenvalue weighted by molar-refractivity contribution is -0.120. The van der Waals surface area contributed by atoms with Gasteiger partial charge in [-0.3, -0.25) is 4.79 Å². The molecule has 0 bridgehead atoms. The van der Waals surface area contributed by atoms with Crippen molar-refractivity contribution in [2.45, 2.75) is 12.8 Å². The lowest BCUT2D eigenvalue weighted by Crippen LogP contribution is -2.44. The van der Waals surface area contributed by atoms with Gasteiger partial charge < -0.3 is 15.5 Å². The summed E-state index contributed by atoms with van der Waals surface area (Å²) in [6, 6.07) is 7.41. The molecule has 1 aromatic rings. The molecule has 110 valence electrons. The number of hydrogen-bond acceptors (Lipinski definition) is 3. The second kappa shape index (κ2) is 8.25. The molecule has 0 aromatic heterocycles. The number of amides is 1. The summed E-state index contributed by atoms with van der Waals surface area (Å²) in [4.78, 5) is 14.2. The molecule has 1 amide bonds. The maximum absolute atomic E-state index is 11.8. The van der Waals surface area contributed by atoms with E-state index in [1.165, 1.54) is 0 Å². The number of halogens is 1. The van der Waals surface area contributed by atoms with Crippen molar-refractivity contribution in [1.82, 2.24) is 15.5 Å². The zero-order valence-corrected chi connectivity index (χ0v) is 12.5. The van der Waals surface area contributed by atoms with E-state index in [0.717, 1.165) is 51.3 Å². The Morgan fingerprint density at radius 2 is 1.95 bits per heavy atom. The molecule has 1 heterocycles. The van der Waals surface area contributed by atoms with Gasteiger partial charge in [0.05, 0.1) is 6.42 Å². The fraction of sp³-hybridized carbons (Fsp3) is 0.533. The van der Waals surface area contributed by atoms with Gasteiger partial charge in [0.15, 0.2) is 0 Å². The monoisotopic (exact) mass is 295 g/mol. The highest BCUT2D eigenvalue weighted by Gasteiger charge is 2.08. The predicted octanol–water partition coefficient (Wildman–Crippen LogP) is 1.29. The van der Waals surface area contributed by atoms with Crippen LogP contribution in [0.2, 0.25) is 5.02 Å². The van der Waals surface area contributed by atoms with E-state index in [-0.39, 0.29) is 5.91 Å². The maximum Gasteiger partial charge on any atom is 0.224 e. The minimum Gasteiger partial charge on any atom is -0.356 e. The average molecular weight is 296 g/mol. The van der Waals surface area contributed by atoms with Crippen molar-refractivity contribution in [3.8, 4) is 0 Å². The number of rotatable bonds is 6. The van der Waals surface area contributed by atoms with Gasteiger partial charge in [0.2, 0.25) is 5.91 Å². The topological polar surface area (TPSA) is 44.4 Å². The van der Waals surface area contributed by atoms with E-state index < -0.39 is 0 Å². The second-order valence-corrected chi connectivity index (χ2v) is 5.53. The number of carbonyl (C=O) groups excluding carboxylic acids is 1. The highest BCUT2D eigenvalue weighted by Crippen LogP contribution is 2.09. The zero-order valence-electron chi connectivity index (χ0n) is 11.7. The molecule has 0 radical (unpaired) electrons. The third-order valence-electron chi connectivity index (χ3n) is 3.46. The molecule has 2 rings (SSSR count). The van der Waals surface area contributed by atoms with Crippen molar-refractivity contribution in [1.29, 1.82) is 0 Å². The Morgan fingerprint density at radius 1 is 1.25 bits per heavy atom. The van der Waals surface area contributed by atoms with Crippen LogP contribution in [0.5, 0.6) is 0 Å². The predicted molar refractivity (Wildman–Crippen MR) is 82.1 cm³/mol. The molecule has 0 atom stereocenters. The summed E-state index contributed by atoms with van der Waals surface area (Å²) >= 11 is 5.81. The van der Waals surface area contributed by atoms with Gasteiger partial charge in [-0.2, -0.15) is 0 Å². The van der Waals surface area contributed by atoms with E-state index in [1.54, 1.807) is 0 Å². The maximum atomic E-state index is 11.8. The Kier molecular flexibility index (Phi) is 6.30. The van der Waals surface area contributed by atoms with Crippen molar-refractivity contribution >= 4 is 17.5 Å². The standard InChI is InChI=1S/C15H22ClN3O/c16-14-4-2-13(3-5-14)12-15(20)18-6-1-9-19-10-7-17-8-11-19/h2-5,17H,1,6-12H2,(H,18,20). The highest BCUT2D eigenvalue weighted by molar-refractivity contribution is 6.30. The molecule has 1 fully saturated rings. The molecule has 1 aliphatic rings. The van der Waals surface area contributed by atoms with Crippen LogP contribution >= 0.6 is 11.6 Å². The summed E-state index contributed by atoms with van der Waals surface area (Å²) in [5.41, 5.74) is 0.994. The molecule has 1 aliphatic heterocycles. The smallest absolute Gasteiger partial charge is 0.224 e. The van der Waals surface area contributed by atoms with Gasteiger partial charge in [-0.25, -0.2) is 0 Å². The van der Waals surface area contributed by atoms with Gasteiger partial charge in [-0.15, -0.1) is 0 Å². The lowest BCUT2D eigenvalue weighted by Gasteiger charge is -2.27. The molecular formula is C15H22ClN3O. The van der Waals surface area contributed by atoms with E-state index in [2.05, 4.69) is 15.5 Å². The van der Waals surface area contributed by atoms with Crippen LogP contribution in [0.1, 0.15) is 12.0 Å². The lowest BCUT2D eigenvalue weighted by atomic mass is 10.1. The molecule has 1 saturated heterocycles. The van der Waals surface area contributed by atoms with Crippen LogP contribution in [0.15, 0.2) is 24.3 Å². The van der Waals surface area contributed by atoms with E-state index in [4.69, 9.17) is 11.6 Å². The summed E-state index contributed by atoms with van der Waals surface area (Å²) in [6.45, 7) is 6.17. The van der Waals surface area contributed by atoms with Crippen LogP contribution in [0.25, 0.3) is 0 Å².